The van der Waals surface area contributed by atoms with Gasteiger partial charge < -0.3 is 9.84 Å². The molecule has 3 aromatic heterocycles. The summed E-state index contributed by atoms with van der Waals surface area (Å²) in [4.78, 5) is 21.7. The van der Waals surface area contributed by atoms with Crippen molar-refractivity contribution >= 4 is 5.91 Å². The van der Waals surface area contributed by atoms with Crippen molar-refractivity contribution in [1.29, 1.82) is 0 Å². The SMILES string of the molecule is Cc1c(C(=O)N[C@H](C)c2ccccc2)cnn1-c1ccc(-c2nc(C3CC3)no2)cn1. The van der Waals surface area contributed by atoms with Gasteiger partial charge in [-0.15, -0.1) is 0 Å². The lowest BCUT2D eigenvalue weighted by atomic mass is 10.1. The van der Waals surface area contributed by atoms with Crippen LogP contribution < -0.4 is 5.32 Å². The summed E-state index contributed by atoms with van der Waals surface area (Å²) in [5.41, 5.74) is 3.03. The summed E-state index contributed by atoms with van der Waals surface area (Å²) >= 11 is 0. The lowest BCUT2D eigenvalue weighted by Crippen LogP contribution is -2.27. The molecule has 0 aliphatic heterocycles. The molecule has 5 rings (SSSR count). The molecular formula is C23H22N6O2. The third kappa shape index (κ3) is 3.84. The average Bonchev–Trinajstić information content (AvgIpc) is 3.40. The van der Waals surface area contributed by atoms with Crippen molar-refractivity contribution in [3.63, 3.8) is 0 Å². The molecule has 3 heterocycles. The first kappa shape index (κ1) is 19.2. The molecule has 8 nitrogen and oxygen atoms in total. The lowest BCUT2D eigenvalue weighted by Gasteiger charge is -2.14. The Morgan fingerprint density at radius 3 is 2.68 bits per heavy atom. The van der Waals surface area contributed by atoms with Gasteiger partial charge in [0, 0.05) is 12.1 Å². The minimum absolute atomic E-state index is 0.108. The second-order valence-electron chi connectivity index (χ2n) is 7.80. The molecule has 1 atom stereocenters. The summed E-state index contributed by atoms with van der Waals surface area (Å²) in [6, 6.07) is 13.4. The quantitative estimate of drug-likeness (QED) is 0.512. The van der Waals surface area contributed by atoms with Gasteiger partial charge in [-0.1, -0.05) is 35.5 Å². The normalized spacial score (nSPS) is 14.4. The van der Waals surface area contributed by atoms with E-state index in [9.17, 15) is 4.79 Å². The number of nitrogens with zero attached hydrogens (tertiary/aromatic N) is 5. The van der Waals surface area contributed by atoms with Crippen LogP contribution in [0.5, 0.6) is 0 Å². The minimum Gasteiger partial charge on any atom is -0.345 e. The number of rotatable bonds is 6. The van der Waals surface area contributed by atoms with E-state index in [0.29, 0.717) is 28.9 Å². The van der Waals surface area contributed by atoms with Crippen LogP contribution in [0.2, 0.25) is 0 Å². The molecule has 1 aliphatic carbocycles. The van der Waals surface area contributed by atoms with E-state index in [0.717, 1.165) is 29.8 Å². The zero-order valence-electron chi connectivity index (χ0n) is 17.3. The highest BCUT2D eigenvalue weighted by atomic mass is 16.5. The highest BCUT2D eigenvalue weighted by molar-refractivity contribution is 5.95. The molecule has 1 amide bonds. The highest BCUT2D eigenvalue weighted by Gasteiger charge is 2.29. The molecule has 156 valence electrons. The molecule has 0 radical (unpaired) electrons. The van der Waals surface area contributed by atoms with Crippen LogP contribution in [0, 0.1) is 6.92 Å². The number of aromatic nitrogens is 5. The Hall–Kier alpha value is -3.81. The Balaban J connectivity index is 1.32. The maximum absolute atomic E-state index is 12.8. The molecule has 0 bridgehead atoms. The molecule has 1 saturated carbocycles. The van der Waals surface area contributed by atoms with Gasteiger partial charge in [0.2, 0.25) is 0 Å². The van der Waals surface area contributed by atoms with Gasteiger partial charge in [0.25, 0.3) is 11.8 Å². The highest BCUT2D eigenvalue weighted by Crippen LogP contribution is 2.38. The second kappa shape index (κ2) is 7.79. The Kier molecular flexibility index (Phi) is 4.82. The maximum atomic E-state index is 12.8. The van der Waals surface area contributed by atoms with Crippen LogP contribution >= 0.6 is 0 Å². The summed E-state index contributed by atoms with van der Waals surface area (Å²) in [7, 11) is 0. The Morgan fingerprint density at radius 2 is 1.97 bits per heavy atom. The molecule has 0 unspecified atom stereocenters. The summed E-state index contributed by atoms with van der Waals surface area (Å²) in [6.07, 6.45) is 5.49. The zero-order chi connectivity index (χ0) is 21.4. The number of pyridine rings is 1. The number of carbonyl (C=O) groups excluding carboxylic acids is 1. The molecule has 1 aromatic carbocycles. The van der Waals surface area contributed by atoms with Crippen LogP contribution in [-0.4, -0.2) is 30.8 Å². The van der Waals surface area contributed by atoms with Crippen molar-refractivity contribution in [2.45, 2.75) is 38.6 Å². The van der Waals surface area contributed by atoms with E-state index in [2.05, 4.69) is 25.5 Å². The minimum atomic E-state index is -0.171. The third-order valence-electron chi connectivity index (χ3n) is 5.50. The predicted octanol–water partition coefficient (Wildman–Crippen LogP) is 3.99. The number of hydrogen-bond donors (Lipinski definition) is 1. The van der Waals surface area contributed by atoms with Crippen molar-refractivity contribution < 1.29 is 9.32 Å². The van der Waals surface area contributed by atoms with Crippen LogP contribution in [-0.2, 0) is 0 Å². The van der Waals surface area contributed by atoms with E-state index in [4.69, 9.17) is 4.52 Å². The first-order chi connectivity index (χ1) is 15.1. The summed E-state index contributed by atoms with van der Waals surface area (Å²) in [5.74, 6) is 2.11. The standard InChI is InChI=1S/C23H22N6O2/c1-14(16-6-4-3-5-7-16)26-22(30)19-13-25-29(15(19)2)20-11-10-18(12-24-20)23-27-21(28-31-23)17-8-9-17/h3-7,10-14,17H,8-9H2,1-2H3,(H,26,30)/t14-/m1/s1. The fraction of sp³-hybridized carbons (Fsp3) is 0.261. The van der Waals surface area contributed by atoms with E-state index in [1.807, 2.05) is 56.3 Å². The predicted molar refractivity (Wildman–Crippen MR) is 114 cm³/mol. The van der Waals surface area contributed by atoms with Gasteiger partial charge >= 0.3 is 0 Å². The third-order valence-corrected chi connectivity index (χ3v) is 5.50. The van der Waals surface area contributed by atoms with Gasteiger partial charge in [-0.25, -0.2) is 9.67 Å². The summed E-state index contributed by atoms with van der Waals surface area (Å²) < 4.78 is 7.00. The smallest absolute Gasteiger partial charge is 0.259 e. The first-order valence-electron chi connectivity index (χ1n) is 10.3. The Labute approximate surface area is 179 Å². The number of benzene rings is 1. The first-order valence-corrected chi connectivity index (χ1v) is 10.3. The van der Waals surface area contributed by atoms with Crippen LogP contribution in [0.3, 0.4) is 0 Å². The monoisotopic (exact) mass is 414 g/mol. The van der Waals surface area contributed by atoms with Gasteiger partial charge in [0.15, 0.2) is 11.6 Å². The Morgan fingerprint density at radius 1 is 1.16 bits per heavy atom. The lowest BCUT2D eigenvalue weighted by molar-refractivity contribution is 0.0939. The van der Waals surface area contributed by atoms with Crippen molar-refractivity contribution in [1.82, 2.24) is 30.2 Å². The number of carbonyl (C=O) groups is 1. The topological polar surface area (TPSA) is 98.7 Å². The maximum Gasteiger partial charge on any atom is 0.259 e. The van der Waals surface area contributed by atoms with E-state index in [1.165, 1.54) is 0 Å². The van der Waals surface area contributed by atoms with Gasteiger partial charge in [-0.05, 0) is 44.4 Å². The second-order valence-corrected chi connectivity index (χ2v) is 7.80. The molecule has 8 heteroatoms. The van der Waals surface area contributed by atoms with Gasteiger partial charge in [-0.3, -0.25) is 4.79 Å². The van der Waals surface area contributed by atoms with Crippen LogP contribution in [0.4, 0.5) is 0 Å². The van der Waals surface area contributed by atoms with Gasteiger partial charge in [0.1, 0.15) is 0 Å². The fourth-order valence-electron chi connectivity index (χ4n) is 3.46. The van der Waals surface area contributed by atoms with Crippen molar-refractivity contribution in [3.8, 4) is 17.3 Å². The molecule has 31 heavy (non-hydrogen) atoms. The molecule has 1 N–H and O–H groups in total. The molecular weight excluding hydrogens is 392 g/mol. The molecule has 0 saturated heterocycles. The van der Waals surface area contributed by atoms with Gasteiger partial charge in [-0.2, -0.15) is 10.1 Å². The van der Waals surface area contributed by atoms with E-state index in [1.54, 1.807) is 17.1 Å². The largest absolute Gasteiger partial charge is 0.345 e. The average molecular weight is 414 g/mol. The molecule has 1 fully saturated rings. The van der Waals surface area contributed by atoms with Crippen molar-refractivity contribution in [3.05, 3.63) is 77.5 Å². The fourth-order valence-corrected chi connectivity index (χ4v) is 3.46. The Bertz CT molecular complexity index is 1210. The van der Waals surface area contributed by atoms with E-state index < -0.39 is 0 Å². The van der Waals surface area contributed by atoms with Crippen molar-refractivity contribution in [2.24, 2.45) is 0 Å². The van der Waals surface area contributed by atoms with E-state index >= 15 is 0 Å². The molecule has 0 spiro atoms. The number of nitrogens with one attached hydrogen (secondary N) is 1. The summed E-state index contributed by atoms with van der Waals surface area (Å²) in [5, 5.41) is 11.4. The van der Waals surface area contributed by atoms with E-state index in [-0.39, 0.29) is 11.9 Å². The van der Waals surface area contributed by atoms with Crippen molar-refractivity contribution in [2.75, 3.05) is 0 Å². The number of amides is 1. The molecule has 1 aliphatic rings. The van der Waals surface area contributed by atoms with Crippen LogP contribution in [0.1, 0.15) is 59.2 Å². The van der Waals surface area contributed by atoms with Crippen LogP contribution in [0.25, 0.3) is 17.3 Å². The zero-order valence-corrected chi connectivity index (χ0v) is 17.3. The molecule has 4 aromatic rings. The van der Waals surface area contributed by atoms with Gasteiger partial charge in [0.05, 0.1) is 29.1 Å². The summed E-state index contributed by atoms with van der Waals surface area (Å²) in [6.45, 7) is 3.81. The van der Waals surface area contributed by atoms with Crippen LogP contribution in [0.15, 0.2) is 59.4 Å². The number of hydrogen-bond acceptors (Lipinski definition) is 6.